The number of allylic oxidation sites excluding steroid dienone is 6. The topological polar surface area (TPSA) is 103 Å². The van der Waals surface area contributed by atoms with Gasteiger partial charge in [0.05, 0.1) is 23.9 Å². The third-order valence-electron chi connectivity index (χ3n) is 8.00. The molecule has 1 amide bonds. The van der Waals surface area contributed by atoms with Gasteiger partial charge in [0.25, 0.3) is 0 Å². The monoisotopic (exact) mass is 647 g/mol. The Morgan fingerprint density at radius 2 is 1.83 bits per heavy atom. The number of nitrogens with zero attached hydrogens (tertiary/aromatic N) is 2. The van der Waals surface area contributed by atoms with Gasteiger partial charge in [0.2, 0.25) is 5.91 Å². The number of hydrogen-bond donors (Lipinski definition) is 2. The van der Waals surface area contributed by atoms with E-state index in [-0.39, 0.29) is 48.6 Å². The number of alkyl halides is 5. The zero-order valence-electron chi connectivity index (χ0n) is 25.0. The molecule has 8 nitrogen and oxygen atoms in total. The van der Waals surface area contributed by atoms with Gasteiger partial charge in [-0.05, 0) is 86.1 Å². The Morgan fingerprint density at radius 1 is 1.09 bits per heavy atom. The number of carbonyl (C=O) groups is 2. The minimum atomic E-state index is -4.80. The van der Waals surface area contributed by atoms with Gasteiger partial charge in [-0.15, -0.1) is 13.2 Å². The smallest absolute Gasteiger partial charge is 0.481 e. The molecule has 2 atom stereocenters. The number of aliphatic carboxylic acids is 1. The minimum Gasteiger partial charge on any atom is -0.481 e. The van der Waals surface area contributed by atoms with Crippen molar-refractivity contribution in [3.05, 3.63) is 83.3 Å². The van der Waals surface area contributed by atoms with Crippen LogP contribution in [0.15, 0.2) is 77.6 Å². The number of rotatable bonds is 13. The van der Waals surface area contributed by atoms with Gasteiger partial charge in [0.1, 0.15) is 11.5 Å². The summed E-state index contributed by atoms with van der Waals surface area (Å²) in [6.45, 7) is 2.51. The largest absolute Gasteiger partial charge is 0.573 e. The molecule has 5 rings (SSSR count). The summed E-state index contributed by atoms with van der Waals surface area (Å²) in [4.78, 5) is 23.4. The van der Waals surface area contributed by atoms with Crippen LogP contribution in [-0.4, -0.2) is 45.8 Å². The number of carboxylic acids is 1. The molecule has 0 aliphatic heterocycles. The molecule has 0 bridgehead atoms. The van der Waals surface area contributed by atoms with Crippen LogP contribution in [0.1, 0.15) is 57.1 Å². The number of carbonyl (C=O) groups excluding carboxylic acids is 1. The van der Waals surface area contributed by atoms with Crippen molar-refractivity contribution >= 4 is 11.9 Å². The number of nitrogens with one attached hydrogen (secondary N) is 1. The maximum absolute atomic E-state index is 14.2. The molecule has 0 spiro atoms. The van der Waals surface area contributed by atoms with E-state index in [4.69, 9.17) is 14.9 Å². The Labute approximate surface area is 262 Å². The highest BCUT2D eigenvalue weighted by molar-refractivity contribution is 5.94. The molecule has 1 heterocycles. The van der Waals surface area contributed by atoms with Gasteiger partial charge in [-0.25, -0.2) is 0 Å². The molecule has 3 aliphatic carbocycles. The first-order chi connectivity index (χ1) is 21.8. The van der Waals surface area contributed by atoms with Crippen molar-refractivity contribution in [3.8, 4) is 17.0 Å². The van der Waals surface area contributed by atoms with Crippen LogP contribution in [0, 0.1) is 11.8 Å². The lowest BCUT2D eigenvalue weighted by atomic mass is 9.88. The summed E-state index contributed by atoms with van der Waals surface area (Å²) < 4.78 is 77.2. The van der Waals surface area contributed by atoms with E-state index in [1.54, 1.807) is 29.0 Å². The number of ether oxygens (including phenoxy) is 2. The van der Waals surface area contributed by atoms with Crippen LogP contribution < -0.4 is 10.1 Å². The molecule has 1 aromatic carbocycles. The Balaban J connectivity index is 1.35. The predicted octanol–water partition coefficient (Wildman–Crippen LogP) is 7.27. The second-order valence-corrected chi connectivity index (χ2v) is 11.7. The van der Waals surface area contributed by atoms with Crippen LogP contribution in [0.5, 0.6) is 5.75 Å². The van der Waals surface area contributed by atoms with E-state index in [0.29, 0.717) is 54.8 Å². The molecule has 0 saturated heterocycles. The molecular weight excluding hydrogens is 613 g/mol. The van der Waals surface area contributed by atoms with E-state index >= 15 is 0 Å². The molecule has 1 fully saturated rings. The normalized spacial score (nSPS) is 20.0. The van der Waals surface area contributed by atoms with Crippen LogP contribution >= 0.6 is 0 Å². The summed E-state index contributed by atoms with van der Waals surface area (Å²) in [6, 6.07) is 8.08. The number of halogens is 5. The van der Waals surface area contributed by atoms with Crippen molar-refractivity contribution in [2.24, 2.45) is 11.8 Å². The average Bonchev–Trinajstić information content (AvgIpc) is 3.77. The molecule has 46 heavy (non-hydrogen) atoms. The Morgan fingerprint density at radius 3 is 2.43 bits per heavy atom. The SMILES string of the molecule is CC1CC(Cn2nc(C3C=CC(OC(F)(F)F)=CC3)cc2-c2ccc(OC(F)(F)C3CC3)cc2)=CC=C1C(=O)NCCCC(=O)O. The van der Waals surface area contributed by atoms with E-state index in [1.807, 2.05) is 19.1 Å². The van der Waals surface area contributed by atoms with Crippen LogP contribution in [0.2, 0.25) is 0 Å². The highest BCUT2D eigenvalue weighted by atomic mass is 19.4. The first-order valence-electron chi connectivity index (χ1n) is 15.1. The summed E-state index contributed by atoms with van der Waals surface area (Å²) in [5.74, 6) is -2.67. The van der Waals surface area contributed by atoms with Crippen LogP contribution in [-0.2, 0) is 20.9 Å². The predicted molar refractivity (Wildman–Crippen MR) is 158 cm³/mol. The lowest BCUT2D eigenvalue weighted by Crippen LogP contribution is -2.30. The second kappa shape index (κ2) is 13.5. The molecule has 0 radical (unpaired) electrons. The molecule has 1 saturated carbocycles. The van der Waals surface area contributed by atoms with E-state index < -0.39 is 24.4 Å². The number of amides is 1. The summed E-state index contributed by atoms with van der Waals surface area (Å²) in [5.41, 5.74) is 3.50. The fourth-order valence-corrected chi connectivity index (χ4v) is 5.45. The van der Waals surface area contributed by atoms with Crippen molar-refractivity contribution in [2.45, 2.75) is 70.4 Å². The molecule has 13 heteroatoms. The van der Waals surface area contributed by atoms with Crippen molar-refractivity contribution in [3.63, 3.8) is 0 Å². The minimum absolute atomic E-state index is 0.0344. The van der Waals surface area contributed by atoms with Crippen molar-refractivity contribution in [1.82, 2.24) is 15.1 Å². The third-order valence-corrected chi connectivity index (χ3v) is 8.00. The molecule has 3 aliphatic rings. The highest BCUT2D eigenvalue weighted by Crippen LogP contribution is 2.44. The van der Waals surface area contributed by atoms with Crippen molar-refractivity contribution < 1.29 is 46.1 Å². The van der Waals surface area contributed by atoms with Crippen LogP contribution in [0.25, 0.3) is 11.3 Å². The van der Waals surface area contributed by atoms with Crippen LogP contribution in [0.3, 0.4) is 0 Å². The van der Waals surface area contributed by atoms with Gasteiger partial charge < -0.3 is 19.9 Å². The molecule has 2 aromatic rings. The Hall–Kier alpha value is -4.42. The highest BCUT2D eigenvalue weighted by Gasteiger charge is 2.49. The first-order valence-corrected chi connectivity index (χ1v) is 15.1. The van der Waals surface area contributed by atoms with Gasteiger partial charge in [-0.3, -0.25) is 14.3 Å². The van der Waals surface area contributed by atoms with E-state index in [9.17, 15) is 31.5 Å². The summed E-state index contributed by atoms with van der Waals surface area (Å²) in [6.07, 6.45) is 1.68. The zero-order valence-corrected chi connectivity index (χ0v) is 25.0. The number of benzene rings is 1. The summed E-state index contributed by atoms with van der Waals surface area (Å²) in [5, 5.41) is 16.3. The van der Waals surface area contributed by atoms with Crippen LogP contribution in [0.4, 0.5) is 22.0 Å². The zero-order chi connectivity index (χ0) is 33.1. The Bertz CT molecular complexity index is 1570. The van der Waals surface area contributed by atoms with Crippen molar-refractivity contribution in [2.75, 3.05) is 6.54 Å². The van der Waals surface area contributed by atoms with Gasteiger partial charge in [0.15, 0.2) is 0 Å². The van der Waals surface area contributed by atoms with E-state index in [2.05, 4.69) is 10.1 Å². The summed E-state index contributed by atoms with van der Waals surface area (Å²) in [7, 11) is 0. The molecule has 2 unspecified atom stereocenters. The second-order valence-electron chi connectivity index (χ2n) is 11.7. The fraction of sp³-hybridized carbons (Fsp3) is 0.424. The lowest BCUT2D eigenvalue weighted by Gasteiger charge is -2.22. The number of aromatic nitrogens is 2. The maximum Gasteiger partial charge on any atom is 0.573 e. The fourth-order valence-electron chi connectivity index (χ4n) is 5.45. The van der Waals surface area contributed by atoms with Gasteiger partial charge >= 0.3 is 18.4 Å². The maximum atomic E-state index is 14.2. The first kappa shape index (κ1) is 33.0. The van der Waals surface area contributed by atoms with E-state index in [0.717, 1.165) is 5.57 Å². The lowest BCUT2D eigenvalue weighted by molar-refractivity contribution is -0.303. The standard InChI is InChI=1S/C33H34F5N3O5/c1-20-17-21(4-15-27(20)31(44)39-16-2-3-30(42)43)19-41-29(23-7-13-25(14-8-23)45-32(34,35)24-9-10-24)18-28(40-41)22-5-11-26(12-6-22)46-33(36,37)38/h4-5,7-8,11-15,18,20,22,24H,2-3,6,9-10,16-17,19H2,1H3,(H,39,44)(H,42,43). The molecular formula is C33H34F5N3O5. The average molecular weight is 648 g/mol. The van der Waals surface area contributed by atoms with Crippen molar-refractivity contribution in [1.29, 1.82) is 0 Å². The quantitative estimate of drug-likeness (QED) is 0.175. The van der Waals surface area contributed by atoms with Gasteiger partial charge in [0, 0.05) is 30.0 Å². The number of carboxylic acid groups (broad SMARTS) is 1. The summed E-state index contributed by atoms with van der Waals surface area (Å²) >= 11 is 0. The van der Waals surface area contributed by atoms with E-state index in [1.165, 1.54) is 24.3 Å². The molecule has 2 N–H and O–H groups in total. The molecule has 246 valence electrons. The van der Waals surface area contributed by atoms with Gasteiger partial charge in [-0.1, -0.05) is 25.2 Å². The Kier molecular flexibility index (Phi) is 9.68. The number of hydrogen-bond acceptors (Lipinski definition) is 5. The van der Waals surface area contributed by atoms with Gasteiger partial charge in [-0.2, -0.15) is 13.9 Å². The third kappa shape index (κ3) is 8.64. The molecule has 1 aromatic heterocycles.